The van der Waals surface area contributed by atoms with E-state index < -0.39 is 24.5 Å². The van der Waals surface area contributed by atoms with Crippen LogP contribution in [-0.4, -0.2) is 60.1 Å². The van der Waals surface area contributed by atoms with Gasteiger partial charge in [-0.15, -0.1) is 0 Å². The standard InChI is InChI=1S/C24H25FN8O3/c1-13-18(14-4-3-7-26-11-14)21-27-8-9-33(21)22(28-13)29-17-10-15(31-32-17)20-19(25)16(12-35-20)36-23(34)30-24(2)5-6-24/h3-4,7-11,16,19-20H,5-6,12H2,1-2H3,(H,30,34)(H2,28,29,31,32)/t16-,19-,20-/m1/s1. The summed E-state index contributed by atoms with van der Waals surface area (Å²) >= 11 is 0. The minimum atomic E-state index is -1.53. The highest BCUT2D eigenvalue weighted by Crippen LogP contribution is 2.36. The number of aromatic amines is 1. The van der Waals surface area contributed by atoms with E-state index in [1.807, 2.05) is 30.4 Å². The molecule has 4 aromatic heterocycles. The van der Waals surface area contributed by atoms with Crippen molar-refractivity contribution in [1.82, 2.24) is 34.9 Å². The zero-order valence-corrected chi connectivity index (χ0v) is 19.7. The van der Waals surface area contributed by atoms with Gasteiger partial charge in [-0.1, -0.05) is 6.07 Å². The number of anilines is 2. The van der Waals surface area contributed by atoms with E-state index in [0.717, 1.165) is 35.3 Å². The first-order valence-corrected chi connectivity index (χ1v) is 11.7. The molecule has 0 aromatic carbocycles. The van der Waals surface area contributed by atoms with Crippen molar-refractivity contribution in [1.29, 1.82) is 0 Å². The number of amides is 1. The van der Waals surface area contributed by atoms with Gasteiger partial charge in [0.2, 0.25) is 5.95 Å². The van der Waals surface area contributed by atoms with Crippen LogP contribution < -0.4 is 10.6 Å². The molecule has 1 aliphatic heterocycles. The zero-order valence-electron chi connectivity index (χ0n) is 19.7. The molecule has 1 aliphatic carbocycles. The molecule has 0 spiro atoms. The first-order valence-electron chi connectivity index (χ1n) is 11.7. The number of imidazole rings is 1. The maximum atomic E-state index is 15.1. The second kappa shape index (κ2) is 8.55. The summed E-state index contributed by atoms with van der Waals surface area (Å²) in [6.45, 7) is 3.79. The lowest BCUT2D eigenvalue weighted by molar-refractivity contribution is 0.0604. The lowest BCUT2D eigenvalue weighted by Crippen LogP contribution is -2.39. The number of alkyl carbamates (subject to hydrolysis) is 1. The molecule has 4 aromatic rings. The predicted octanol–water partition coefficient (Wildman–Crippen LogP) is 3.62. The molecule has 12 heteroatoms. The summed E-state index contributed by atoms with van der Waals surface area (Å²) < 4.78 is 27.8. The van der Waals surface area contributed by atoms with E-state index in [9.17, 15) is 4.79 Å². The van der Waals surface area contributed by atoms with E-state index >= 15 is 4.39 Å². The molecule has 3 N–H and O–H groups in total. The number of alkyl halides is 1. The number of rotatable bonds is 6. The van der Waals surface area contributed by atoms with Gasteiger partial charge in [-0.2, -0.15) is 5.10 Å². The van der Waals surface area contributed by atoms with E-state index in [1.54, 1.807) is 30.9 Å². The fraction of sp³-hybridized carbons (Fsp3) is 0.375. The number of halogens is 1. The molecular formula is C24H25FN8O3. The maximum absolute atomic E-state index is 15.1. The van der Waals surface area contributed by atoms with Gasteiger partial charge >= 0.3 is 6.09 Å². The molecule has 2 aliphatic rings. The Morgan fingerprint density at radius 2 is 2.22 bits per heavy atom. The van der Waals surface area contributed by atoms with Crippen LogP contribution in [0.25, 0.3) is 16.8 Å². The summed E-state index contributed by atoms with van der Waals surface area (Å²) in [6.07, 6.45) is 4.67. The van der Waals surface area contributed by atoms with Gasteiger partial charge in [0, 0.05) is 47.5 Å². The molecule has 0 bridgehead atoms. The lowest BCUT2D eigenvalue weighted by atomic mass is 10.1. The monoisotopic (exact) mass is 492 g/mol. The van der Waals surface area contributed by atoms with Crippen molar-refractivity contribution in [3.05, 3.63) is 54.4 Å². The Morgan fingerprint density at radius 1 is 1.36 bits per heavy atom. The fourth-order valence-corrected chi connectivity index (χ4v) is 4.35. The van der Waals surface area contributed by atoms with Gasteiger partial charge in [0.15, 0.2) is 18.1 Å². The van der Waals surface area contributed by atoms with E-state index in [-0.39, 0.29) is 12.1 Å². The number of nitrogens with zero attached hydrogens (tertiary/aromatic N) is 5. The Kier molecular flexibility index (Phi) is 5.32. The van der Waals surface area contributed by atoms with Gasteiger partial charge in [0.05, 0.1) is 18.0 Å². The van der Waals surface area contributed by atoms with Crippen molar-refractivity contribution in [2.45, 2.75) is 50.6 Å². The van der Waals surface area contributed by atoms with Gasteiger partial charge in [-0.3, -0.25) is 14.5 Å². The molecule has 2 fully saturated rings. The third-order valence-electron chi connectivity index (χ3n) is 6.57. The molecule has 6 rings (SSSR count). The molecule has 1 saturated carbocycles. The third-order valence-corrected chi connectivity index (χ3v) is 6.57. The molecule has 11 nitrogen and oxygen atoms in total. The van der Waals surface area contributed by atoms with Gasteiger partial charge in [-0.05, 0) is 32.8 Å². The molecule has 1 saturated heterocycles. The number of ether oxygens (including phenoxy) is 2. The summed E-state index contributed by atoms with van der Waals surface area (Å²) in [5, 5.41) is 13.0. The average Bonchev–Trinajstić information content (AvgIpc) is 3.23. The second-order valence-electron chi connectivity index (χ2n) is 9.42. The Bertz CT molecular complexity index is 1420. The molecule has 0 radical (unpaired) electrons. The Hall–Kier alpha value is -4.06. The number of aryl methyl sites for hydroxylation is 1. The second-order valence-corrected chi connectivity index (χ2v) is 9.42. The van der Waals surface area contributed by atoms with Crippen molar-refractivity contribution < 1.29 is 18.7 Å². The van der Waals surface area contributed by atoms with Crippen LogP contribution in [0, 0.1) is 6.92 Å². The van der Waals surface area contributed by atoms with Gasteiger partial charge in [-0.25, -0.2) is 19.2 Å². The van der Waals surface area contributed by atoms with Crippen LogP contribution in [-0.2, 0) is 9.47 Å². The highest BCUT2D eigenvalue weighted by atomic mass is 19.1. The van der Waals surface area contributed by atoms with Crippen molar-refractivity contribution in [3.8, 4) is 11.1 Å². The number of fused-ring (bicyclic) bond motifs is 1. The van der Waals surface area contributed by atoms with Crippen LogP contribution in [0.1, 0.15) is 37.3 Å². The first kappa shape index (κ1) is 22.4. The molecule has 36 heavy (non-hydrogen) atoms. The Morgan fingerprint density at radius 3 is 3.00 bits per heavy atom. The van der Waals surface area contributed by atoms with Crippen LogP contribution in [0.2, 0.25) is 0 Å². The number of H-pyrrole nitrogens is 1. The summed E-state index contributed by atoms with van der Waals surface area (Å²) in [5.74, 6) is 0.932. The Balaban J connectivity index is 1.18. The maximum Gasteiger partial charge on any atom is 0.408 e. The number of hydrogen-bond donors (Lipinski definition) is 3. The quantitative estimate of drug-likeness (QED) is 0.372. The topological polar surface area (TPSA) is 131 Å². The number of nitrogens with one attached hydrogen (secondary N) is 3. The molecule has 0 unspecified atom stereocenters. The largest absolute Gasteiger partial charge is 0.441 e. The number of carbonyl (C=O) groups excluding carboxylic acids is 1. The highest BCUT2D eigenvalue weighted by Gasteiger charge is 2.44. The summed E-state index contributed by atoms with van der Waals surface area (Å²) in [6, 6.07) is 5.48. The molecule has 1 amide bonds. The molecule has 3 atom stereocenters. The minimum absolute atomic E-state index is 0.0377. The SMILES string of the molecule is Cc1nc(Nc2cc([C@H]3OC[C@@H](OC(=O)NC4(C)CC4)[C@H]3F)[nH]n2)n2ccnc2c1-c1cccnc1. The normalized spacial score (nSPS) is 22.5. The van der Waals surface area contributed by atoms with Gasteiger partial charge in [0.25, 0.3) is 0 Å². The van der Waals surface area contributed by atoms with Crippen molar-refractivity contribution in [2.24, 2.45) is 0 Å². The lowest BCUT2D eigenvalue weighted by Gasteiger charge is -2.17. The van der Waals surface area contributed by atoms with Crippen LogP contribution in [0.3, 0.4) is 0 Å². The number of pyridine rings is 1. The van der Waals surface area contributed by atoms with Crippen LogP contribution in [0.4, 0.5) is 21.0 Å². The molecule has 186 valence electrons. The van der Waals surface area contributed by atoms with E-state index in [4.69, 9.17) is 14.5 Å². The summed E-state index contributed by atoms with van der Waals surface area (Å²) in [7, 11) is 0. The summed E-state index contributed by atoms with van der Waals surface area (Å²) in [4.78, 5) is 25.5. The van der Waals surface area contributed by atoms with Crippen LogP contribution in [0.15, 0.2) is 43.0 Å². The zero-order chi connectivity index (χ0) is 24.9. The molecule has 5 heterocycles. The van der Waals surface area contributed by atoms with Gasteiger partial charge in [0.1, 0.15) is 11.8 Å². The smallest absolute Gasteiger partial charge is 0.408 e. The van der Waals surface area contributed by atoms with Crippen molar-refractivity contribution >= 4 is 23.5 Å². The van der Waals surface area contributed by atoms with E-state index in [0.29, 0.717) is 17.5 Å². The number of hydrogen-bond acceptors (Lipinski definition) is 8. The fourth-order valence-electron chi connectivity index (χ4n) is 4.35. The third kappa shape index (κ3) is 4.13. The van der Waals surface area contributed by atoms with Crippen molar-refractivity contribution in [2.75, 3.05) is 11.9 Å². The average molecular weight is 493 g/mol. The van der Waals surface area contributed by atoms with Crippen LogP contribution >= 0.6 is 0 Å². The predicted molar refractivity (Wildman–Crippen MR) is 127 cm³/mol. The summed E-state index contributed by atoms with van der Waals surface area (Å²) in [5.41, 5.74) is 3.46. The van der Waals surface area contributed by atoms with Crippen molar-refractivity contribution in [3.63, 3.8) is 0 Å². The first-order chi connectivity index (χ1) is 17.4. The minimum Gasteiger partial charge on any atom is -0.441 e. The van der Waals surface area contributed by atoms with Gasteiger partial charge < -0.3 is 20.1 Å². The van der Waals surface area contributed by atoms with E-state index in [2.05, 4.69) is 30.8 Å². The van der Waals surface area contributed by atoms with E-state index in [1.165, 1.54) is 0 Å². The number of aromatic nitrogens is 6. The Labute approximate surface area is 205 Å². The highest BCUT2D eigenvalue weighted by molar-refractivity contribution is 5.80. The van der Waals surface area contributed by atoms with Crippen LogP contribution in [0.5, 0.6) is 0 Å². The number of carbonyl (C=O) groups is 1. The molecular weight excluding hydrogens is 467 g/mol.